The fraction of sp³-hybridized carbons (Fsp3) is 0.889. The standard InChI is InChI=1S/C9H14O2/c10-9(11)5-8-4-6-1-2-7(8)3-6/h6-8H,1-5H2,(H,10,11)/t6-,7-,8-/m0/s1. The highest BCUT2D eigenvalue weighted by Crippen LogP contribution is 2.49. The normalized spacial score (nSPS) is 41.3. The maximum atomic E-state index is 10.4. The van der Waals surface area contributed by atoms with Gasteiger partial charge in [0.25, 0.3) is 0 Å². The molecule has 2 saturated carbocycles. The third kappa shape index (κ3) is 1.26. The molecule has 2 aliphatic carbocycles. The number of rotatable bonds is 2. The Balaban J connectivity index is 1.92. The lowest BCUT2D eigenvalue weighted by molar-refractivity contribution is -0.138. The molecule has 0 amide bonds. The van der Waals surface area contributed by atoms with Gasteiger partial charge in [-0.3, -0.25) is 4.79 Å². The minimum atomic E-state index is -0.609. The van der Waals surface area contributed by atoms with Crippen molar-refractivity contribution in [2.75, 3.05) is 0 Å². The van der Waals surface area contributed by atoms with E-state index in [-0.39, 0.29) is 0 Å². The monoisotopic (exact) mass is 154 g/mol. The Morgan fingerprint density at radius 1 is 1.36 bits per heavy atom. The van der Waals surface area contributed by atoms with E-state index in [0.717, 1.165) is 11.8 Å². The second-order valence-corrected chi connectivity index (χ2v) is 4.03. The first-order valence-electron chi connectivity index (χ1n) is 4.47. The number of hydrogen-bond acceptors (Lipinski definition) is 1. The van der Waals surface area contributed by atoms with Crippen LogP contribution in [-0.4, -0.2) is 11.1 Å². The van der Waals surface area contributed by atoms with Crippen LogP contribution in [0.4, 0.5) is 0 Å². The van der Waals surface area contributed by atoms with Crippen molar-refractivity contribution >= 4 is 5.97 Å². The third-order valence-electron chi connectivity index (χ3n) is 3.32. The molecule has 2 heteroatoms. The highest BCUT2D eigenvalue weighted by molar-refractivity contribution is 5.67. The van der Waals surface area contributed by atoms with Crippen molar-refractivity contribution in [3.05, 3.63) is 0 Å². The van der Waals surface area contributed by atoms with E-state index in [9.17, 15) is 4.79 Å². The van der Waals surface area contributed by atoms with E-state index in [1.54, 1.807) is 0 Å². The Kier molecular flexibility index (Phi) is 1.63. The van der Waals surface area contributed by atoms with Gasteiger partial charge in [-0.25, -0.2) is 0 Å². The van der Waals surface area contributed by atoms with Gasteiger partial charge in [-0.1, -0.05) is 6.42 Å². The van der Waals surface area contributed by atoms with Crippen LogP contribution in [0.15, 0.2) is 0 Å². The number of carbonyl (C=O) groups is 1. The van der Waals surface area contributed by atoms with Crippen molar-refractivity contribution in [3.63, 3.8) is 0 Å². The molecule has 11 heavy (non-hydrogen) atoms. The van der Waals surface area contributed by atoms with Crippen molar-refractivity contribution in [2.45, 2.75) is 32.1 Å². The maximum absolute atomic E-state index is 10.4. The maximum Gasteiger partial charge on any atom is 0.303 e. The van der Waals surface area contributed by atoms with Gasteiger partial charge < -0.3 is 5.11 Å². The van der Waals surface area contributed by atoms with Crippen molar-refractivity contribution < 1.29 is 9.90 Å². The lowest BCUT2D eigenvalue weighted by atomic mass is 9.86. The quantitative estimate of drug-likeness (QED) is 0.659. The van der Waals surface area contributed by atoms with Gasteiger partial charge in [0.05, 0.1) is 0 Å². The summed E-state index contributed by atoms with van der Waals surface area (Å²) in [5.41, 5.74) is 0. The topological polar surface area (TPSA) is 37.3 Å². The van der Waals surface area contributed by atoms with Crippen molar-refractivity contribution in [3.8, 4) is 0 Å². The molecular formula is C9H14O2. The molecule has 0 aromatic rings. The van der Waals surface area contributed by atoms with E-state index in [0.29, 0.717) is 12.3 Å². The Hall–Kier alpha value is -0.530. The molecule has 0 unspecified atom stereocenters. The highest BCUT2D eigenvalue weighted by Gasteiger charge is 2.39. The van der Waals surface area contributed by atoms with E-state index in [2.05, 4.69) is 0 Å². The van der Waals surface area contributed by atoms with Crippen LogP contribution in [0.3, 0.4) is 0 Å². The summed E-state index contributed by atoms with van der Waals surface area (Å²) in [7, 11) is 0. The minimum absolute atomic E-state index is 0.418. The summed E-state index contributed by atoms with van der Waals surface area (Å²) < 4.78 is 0. The van der Waals surface area contributed by atoms with Gasteiger partial charge >= 0.3 is 5.97 Å². The molecule has 2 rings (SSSR count). The van der Waals surface area contributed by atoms with Gasteiger partial charge in [-0.2, -0.15) is 0 Å². The molecule has 0 aliphatic heterocycles. The number of hydrogen-bond donors (Lipinski definition) is 1. The van der Waals surface area contributed by atoms with Crippen LogP contribution >= 0.6 is 0 Å². The second-order valence-electron chi connectivity index (χ2n) is 4.03. The molecule has 0 aromatic carbocycles. The number of carboxylic acids is 1. The Labute approximate surface area is 66.6 Å². The Bertz CT molecular complexity index is 176. The van der Waals surface area contributed by atoms with E-state index in [1.807, 2.05) is 0 Å². The molecule has 0 radical (unpaired) electrons. The number of aliphatic carboxylic acids is 1. The lowest BCUT2D eigenvalue weighted by Gasteiger charge is -2.18. The largest absolute Gasteiger partial charge is 0.481 e. The zero-order chi connectivity index (χ0) is 7.84. The highest BCUT2D eigenvalue weighted by atomic mass is 16.4. The first-order valence-corrected chi connectivity index (χ1v) is 4.47. The summed E-state index contributed by atoms with van der Waals surface area (Å²) in [6, 6.07) is 0. The van der Waals surface area contributed by atoms with Gasteiger partial charge in [0.2, 0.25) is 0 Å². The second kappa shape index (κ2) is 2.50. The molecule has 0 aromatic heterocycles. The van der Waals surface area contributed by atoms with Crippen molar-refractivity contribution in [1.29, 1.82) is 0 Å². The number of carboxylic acid groups (broad SMARTS) is 1. The fourth-order valence-corrected chi connectivity index (χ4v) is 2.85. The zero-order valence-corrected chi connectivity index (χ0v) is 6.62. The summed E-state index contributed by atoms with van der Waals surface area (Å²) >= 11 is 0. The lowest BCUT2D eigenvalue weighted by Crippen LogP contribution is -2.14. The molecule has 2 nitrogen and oxygen atoms in total. The van der Waals surface area contributed by atoms with Crippen LogP contribution in [0, 0.1) is 17.8 Å². The third-order valence-corrected chi connectivity index (χ3v) is 3.32. The Morgan fingerprint density at radius 2 is 2.18 bits per heavy atom. The molecule has 62 valence electrons. The van der Waals surface area contributed by atoms with E-state index in [4.69, 9.17) is 5.11 Å². The van der Waals surface area contributed by atoms with E-state index >= 15 is 0 Å². The summed E-state index contributed by atoms with van der Waals surface area (Å²) in [4.78, 5) is 10.4. The molecular weight excluding hydrogens is 140 g/mol. The molecule has 3 atom stereocenters. The Morgan fingerprint density at radius 3 is 2.64 bits per heavy atom. The predicted octanol–water partition coefficient (Wildman–Crippen LogP) is 1.90. The molecule has 0 heterocycles. The summed E-state index contributed by atoms with van der Waals surface area (Å²) in [6.07, 6.45) is 5.58. The summed E-state index contributed by atoms with van der Waals surface area (Å²) in [5, 5.41) is 8.60. The molecule has 0 spiro atoms. The van der Waals surface area contributed by atoms with E-state index in [1.165, 1.54) is 25.7 Å². The first-order chi connectivity index (χ1) is 5.25. The summed E-state index contributed by atoms with van der Waals surface area (Å²) in [6.45, 7) is 0. The average molecular weight is 154 g/mol. The van der Waals surface area contributed by atoms with Crippen LogP contribution in [-0.2, 0) is 4.79 Å². The van der Waals surface area contributed by atoms with Gasteiger partial charge in [0.1, 0.15) is 0 Å². The van der Waals surface area contributed by atoms with Crippen molar-refractivity contribution in [2.24, 2.45) is 17.8 Å². The first kappa shape index (κ1) is 7.14. The molecule has 0 saturated heterocycles. The van der Waals surface area contributed by atoms with Crippen LogP contribution in [0.5, 0.6) is 0 Å². The van der Waals surface area contributed by atoms with Crippen LogP contribution in [0.25, 0.3) is 0 Å². The van der Waals surface area contributed by atoms with Gasteiger partial charge in [0, 0.05) is 6.42 Å². The molecule has 2 fully saturated rings. The minimum Gasteiger partial charge on any atom is -0.481 e. The van der Waals surface area contributed by atoms with E-state index < -0.39 is 5.97 Å². The van der Waals surface area contributed by atoms with Gasteiger partial charge in [-0.05, 0) is 37.0 Å². The summed E-state index contributed by atoms with van der Waals surface area (Å²) in [5.74, 6) is 1.55. The van der Waals surface area contributed by atoms with Crippen LogP contribution in [0.2, 0.25) is 0 Å². The van der Waals surface area contributed by atoms with Crippen LogP contribution in [0.1, 0.15) is 32.1 Å². The number of fused-ring (bicyclic) bond motifs is 2. The zero-order valence-electron chi connectivity index (χ0n) is 6.62. The predicted molar refractivity (Wildman–Crippen MR) is 41.2 cm³/mol. The average Bonchev–Trinajstić information content (AvgIpc) is 2.45. The van der Waals surface area contributed by atoms with Crippen LogP contribution < -0.4 is 0 Å². The van der Waals surface area contributed by atoms with Gasteiger partial charge in [-0.15, -0.1) is 0 Å². The van der Waals surface area contributed by atoms with Crippen molar-refractivity contribution in [1.82, 2.24) is 0 Å². The SMILES string of the molecule is O=C(O)C[C@@H]1C[C@H]2CC[C@H]1C2. The molecule has 2 aliphatic rings. The molecule has 2 bridgehead atoms. The van der Waals surface area contributed by atoms with Gasteiger partial charge in [0.15, 0.2) is 0 Å². The smallest absolute Gasteiger partial charge is 0.303 e. The fourth-order valence-electron chi connectivity index (χ4n) is 2.85. The molecule has 1 N–H and O–H groups in total.